The van der Waals surface area contributed by atoms with Crippen LogP contribution >= 0.6 is 0 Å². The monoisotopic (exact) mass is 367 g/mol. The third-order valence-electron chi connectivity index (χ3n) is 3.38. The van der Waals surface area contributed by atoms with Crippen molar-refractivity contribution in [2.45, 2.75) is 33.1 Å². The summed E-state index contributed by atoms with van der Waals surface area (Å²) in [7, 11) is 0. The normalized spacial score (nSPS) is 11.3. The van der Waals surface area contributed by atoms with Crippen LogP contribution in [0.1, 0.15) is 25.0 Å². The van der Waals surface area contributed by atoms with Gasteiger partial charge >= 0.3 is 6.18 Å². The predicted octanol–water partition coefficient (Wildman–Crippen LogP) is 4.82. The summed E-state index contributed by atoms with van der Waals surface area (Å²) >= 11 is 0. The number of hydrogen-bond donors (Lipinski definition) is 1. The Hall–Kier alpha value is -2.70. The summed E-state index contributed by atoms with van der Waals surface area (Å²) in [5, 5.41) is 2.66. The van der Waals surface area contributed by atoms with Gasteiger partial charge in [-0.1, -0.05) is 6.07 Å². The minimum Gasteiger partial charge on any atom is -0.491 e. The molecule has 0 aliphatic carbocycles. The van der Waals surface area contributed by atoms with Gasteiger partial charge in [0.15, 0.2) is 6.61 Å². The first-order valence-electron chi connectivity index (χ1n) is 8.02. The molecule has 140 valence electrons. The largest absolute Gasteiger partial charge is 0.491 e. The lowest BCUT2D eigenvalue weighted by molar-refractivity contribution is -0.137. The first kappa shape index (κ1) is 19.6. The maximum atomic E-state index is 12.7. The molecule has 0 aliphatic heterocycles. The summed E-state index contributed by atoms with van der Waals surface area (Å²) in [4.78, 5) is 12.0. The summed E-state index contributed by atoms with van der Waals surface area (Å²) < 4.78 is 48.7. The summed E-state index contributed by atoms with van der Waals surface area (Å²) in [6.45, 7) is 5.24. The molecule has 0 fully saturated rings. The van der Waals surface area contributed by atoms with Crippen molar-refractivity contribution in [1.82, 2.24) is 0 Å². The zero-order valence-corrected chi connectivity index (χ0v) is 14.7. The molecule has 1 amide bonds. The summed E-state index contributed by atoms with van der Waals surface area (Å²) in [6, 6.07) is 9.63. The van der Waals surface area contributed by atoms with E-state index in [4.69, 9.17) is 9.47 Å². The lowest BCUT2D eigenvalue weighted by atomic mass is 10.2. The van der Waals surface area contributed by atoms with E-state index < -0.39 is 24.3 Å². The van der Waals surface area contributed by atoms with Crippen molar-refractivity contribution in [1.29, 1.82) is 0 Å². The van der Waals surface area contributed by atoms with E-state index in [0.717, 1.165) is 17.7 Å². The van der Waals surface area contributed by atoms with Crippen molar-refractivity contribution in [3.05, 3.63) is 53.6 Å². The topological polar surface area (TPSA) is 47.6 Å². The van der Waals surface area contributed by atoms with Crippen LogP contribution < -0.4 is 14.8 Å². The number of halogens is 3. The number of hydrogen-bond acceptors (Lipinski definition) is 3. The van der Waals surface area contributed by atoms with E-state index in [0.29, 0.717) is 11.4 Å². The molecule has 0 heterocycles. The molecule has 0 unspecified atom stereocenters. The number of alkyl halides is 3. The van der Waals surface area contributed by atoms with Gasteiger partial charge in [-0.25, -0.2) is 0 Å². The molecule has 0 aromatic heterocycles. The van der Waals surface area contributed by atoms with E-state index in [9.17, 15) is 18.0 Å². The molecule has 4 nitrogen and oxygen atoms in total. The molecule has 7 heteroatoms. The number of rotatable bonds is 6. The molecule has 0 saturated heterocycles. The number of nitrogens with one attached hydrogen (secondary N) is 1. The zero-order valence-electron chi connectivity index (χ0n) is 14.7. The molecule has 0 radical (unpaired) electrons. The molecule has 2 rings (SSSR count). The third kappa shape index (κ3) is 5.68. The smallest absolute Gasteiger partial charge is 0.416 e. The van der Waals surface area contributed by atoms with Crippen LogP contribution in [0.4, 0.5) is 18.9 Å². The van der Waals surface area contributed by atoms with Crippen LogP contribution in [0.15, 0.2) is 42.5 Å². The second-order valence-corrected chi connectivity index (χ2v) is 6.01. The highest BCUT2D eigenvalue weighted by Gasteiger charge is 2.30. The van der Waals surface area contributed by atoms with Crippen LogP contribution in [0.5, 0.6) is 11.5 Å². The molecular formula is C19H20F3NO3. The molecule has 0 spiro atoms. The second-order valence-electron chi connectivity index (χ2n) is 6.01. The standard InChI is InChI=1S/C19H20F3NO3/c1-12(2)26-16-7-8-17(13(3)9-16)23-18(24)11-25-15-6-4-5-14(10-15)19(20,21)22/h4-10,12H,11H2,1-3H3,(H,23,24). The van der Waals surface area contributed by atoms with Crippen molar-refractivity contribution in [2.24, 2.45) is 0 Å². The van der Waals surface area contributed by atoms with Crippen LogP contribution in [0.25, 0.3) is 0 Å². The Labute approximate surface area is 149 Å². The summed E-state index contributed by atoms with van der Waals surface area (Å²) in [5.74, 6) is 0.200. The summed E-state index contributed by atoms with van der Waals surface area (Å²) in [5.41, 5.74) is 0.557. The minimum atomic E-state index is -4.46. The van der Waals surface area contributed by atoms with Gasteiger partial charge in [0.05, 0.1) is 11.7 Å². The Morgan fingerprint density at radius 1 is 1.12 bits per heavy atom. The van der Waals surface area contributed by atoms with Gasteiger partial charge in [-0.05, 0) is 62.7 Å². The van der Waals surface area contributed by atoms with Crippen LogP contribution in [-0.4, -0.2) is 18.6 Å². The number of ether oxygens (including phenoxy) is 2. The van der Waals surface area contributed by atoms with Crippen LogP contribution in [-0.2, 0) is 11.0 Å². The van der Waals surface area contributed by atoms with Crippen LogP contribution in [0.3, 0.4) is 0 Å². The van der Waals surface area contributed by atoms with Crippen molar-refractivity contribution in [2.75, 3.05) is 11.9 Å². The number of carbonyl (C=O) groups excluding carboxylic acids is 1. The molecule has 2 aromatic carbocycles. The lowest BCUT2D eigenvalue weighted by Gasteiger charge is -2.14. The van der Waals surface area contributed by atoms with E-state index in [1.54, 1.807) is 18.2 Å². The molecule has 0 aliphatic rings. The predicted molar refractivity (Wildman–Crippen MR) is 92.5 cm³/mol. The van der Waals surface area contributed by atoms with Gasteiger partial charge in [0.1, 0.15) is 11.5 Å². The highest BCUT2D eigenvalue weighted by atomic mass is 19.4. The Balaban J connectivity index is 1.95. The van der Waals surface area contributed by atoms with Crippen LogP contribution in [0.2, 0.25) is 0 Å². The van der Waals surface area contributed by atoms with Crippen molar-refractivity contribution in [3.63, 3.8) is 0 Å². The number of amides is 1. The molecule has 0 atom stereocenters. The molecule has 26 heavy (non-hydrogen) atoms. The van der Waals surface area contributed by atoms with Gasteiger partial charge in [0, 0.05) is 5.69 Å². The molecule has 0 bridgehead atoms. The Kier molecular flexibility index (Phi) is 6.13. The van der Waals surface area contributed by atoms with Gasteiger partial charge in [0.2, 0.25) is 0 Å². The van der Waals surface area contributed by atoms with E-state index in [2.05, 4.69) is 5.32 Å². The number of anilines is 1. The third-order valence-corrected chi connectivity index (χ3v) is 3.38. The Bertz CT molecular complexity index is 773. The molecule has 2 aromatic rings. The van der Waals surface area contributed by atoms with Gasteiger partial charge in [0.25, 0.3) is 5.91 Å². The number of carbonyl (C=O) groups is 1. The molecular weight excluding hydrogens is 347 g/mol. The van der Waals surface area contributed by atoms with E-state index in [1.807, 2.05) is 20.8 Å². The Morgan fingerprint density at radius 2 is 1.85 bits per heavy atom. The lowest BCUT2D eigenvalue weighted by Crippen LogP contribution is -2.20. The fraction of sp³-hybridized carbons (Fsp3) is 0.316. The SMILES string of the molecule is Cc1cc(OC(C)C)ccc1NC(=O)COc1cccc(C(F)(F)F)c1. The van der Waals surface area contributed by atoms with Gasteiger partial charge in [-0.15, -0.1) is 0 Å². The number of benzene rings is 2. The number of aryl methyl sites for hydroxylation is 1. The van der Waals surface area contributed by atoms with E-state index in [-0.39, 0.29) is 11.9 Å². The second kappa shape index (κ2) is 8.12. The average Bonchev–Trinajstić information content (AvgIpc) is 2.54. The van der Waals surface area contributed by atoms with Gasteiger partial charge in [-0.3, -0.25) is 4.79 Å². The first-order valence-corrected chi connectivity index (χ1v) is 8.02. The fourth-order valence-electron chi connectivity index (χ4n) is 2.22. The maximum absolute atomic E-state index is 12.7. The average molecular weight is 367 g/mol. The minimum absolute atomic E-state index is 0.0209. The maximum Gasteiger partial charge on any atom is 0.416 e. The van der Waals surface area contributed by atoms with E-state index >= 15 is 0 Å². The fourth-order valence-corrected chi connectivity index (χ4v) is 2.22. The van der Waals surface area contributed by atoms with Gasteiger partial charge < -0.3 is 14.8 Å². The zero-order chi connectivity index (χ0) is 19.3. The van der Waals surface area contributed by atoms with Crippen LogP contribution in [0, 0.1) is 6.92 Å². The Morgan fingerprint density at radius 3 is 2.46 bits per heavy atom. The van der Waals surface area contributed by atoms with E-state index in [1.165, 1.54) is 12.1 Å². The molecule has 1 N–H and O–H groups in total. The van der Waals surface area contributed by atoms with Crippen molar-refractivity contribution in [3.8, 4) is 11.5 Å². The van der Waals surface area contributed by atoms with Crippen molar-refractivity contribution >= 4 is 11.6 Å². The summed E-state index contributed by atoms with van der Waals surface area (Å²) in [6.07, 6.45) is -4.42. The highest BCUT2D eigenvalue weighted by molar-refractivity contribution is 5.92. The highest BCUT2D eigenvalue weighted by Crippen LogP contribution is 2.31. The first-order chi connectivity index (χ1) is 12.1. The molecule has 0 saturated carbocycles. The quantitative estimate of drug-likeness (QED) is 0.796. The van der Waals surface area contributed by atoms with Crippen molar-refractivity contribution < 1.29 is 27.4 Å². The van der Waals surface area contributed by atoms with Gasteiger partial charge in [-0.2, -0.15) is 13.2 Å².